The van der Waals surface area contributed by atoms with Crippen molar-refractivity contribution in [3.63, 3.8) is 0 Å². The summed E-state index contributed by atoms with van der Waals surface area (Å²) in [5.74, 6) is -0.264. The van der Waals surface area contributed by atoms with Gasteiger partial charge in [-0.05, 0) is 12.1 Å². The second-order valence-corrected chi connectivity index (χ2v) is 7.23. The molecule has 1 aliphatic rings. The van der Waals surface area contributed by atoms with E-state index in [-0.39, 0.29) is 24.1 Å². The van der Waals surface area contributed by atoms with Crippen LogP contribution in [0.25, 0.3) is 0 Å². The third-order valence-electron chi connectivity index (χ3n) is 3.54. The van der Waals surface area contributed by atoms with Gasteiger partial charge in [0, 0.05) is 40.3 Å². The molecule has 0 atom stereocenters. The molecule has 1 fully saturated rings. The van der Waals surface area contributed by atoms with Crippen molar-refractivity contribution in [2.45, 2.75) is 0 Å². The van der Waals surface area contributed by atoms with E-state index in [4.69, 9.17) is 4.42 Å². The van der Waals surface area contributed by atoms with E-state index < -0.39 is 10.2 Å². The van der Waals surface area contributed by atoms with Crippen LogP contribution in [0, 0.1) is 0 Å². The zero-order valence-electron chi connectivity index (χ0n) is 13.1. The van der Waals surface area contributed by atoms with Crippen LogP contribution in [0.15, 0.2) is 22.8 Å². The average molecular weight is 344 g/mol. The van der Waals surface area contributed by atoms with Crippen LogP contribution < -0.4 is 4.72 Å². The van der Waals surface area contributed by atoms with E-state index in [1.54, 1.807) is 17.0 Å². The lowest BCUT2D eigenvalue weighted by atomic mass is 10.3. The molecule has 0 saturated carbocycles. The molecule has 0 bridgehead atoms. The third-order valence-corrected chi connectivity index (χ3v) is 5.01. The molecule has 1 N–H and O–H groups in total. The van der Waals surface area contributed by atoms with Gasteiger partial charge in [-0.3, -0.25) is 9.59 Å². The molecule has 0 unspecified atom stereocenters. The Morgan fingerprint density at radius 1 is 1.22 bits per heavy atom. The Balaban J connectivity index is 1.82. The molecule has 2 amide bonds. The summed E-state index contributed by atoms with van der Waals surface area (Å²) in [5, 5.41) is 0. The summed E-state index contributed by atoms with van der Waals surface area (Å²) >= 11 is 0. The smallest absolute Gasteiger partial charge is 0.289 e. The Morgan fingerprint density at radius 2 is 1.83 bits per heavy atom. The topological polar surface area (TPSA) is 103 Å². The first kappa shape index (κ1) is 17.4. The molecular weight excluding hydrogens is 324 g/mol. The number of carbonyl (C=O) groups is 2. The highest BCUT2D eigenvalue weighted by Crippen LogP contribution is 2.09. The molecule has 23 heavy (non-hydrogen) atoms. The van der Waals surface area contributed by atoms with Crippen LogP contribution in [0.4, 0.5) is 0 Å². The van der Waals surface area contributed by atoms with Crippen LogP contribution in [-0.2, 0) is 15.0 Å². The van der Waals surface area contributed by atoms with E-state index in [1.807, 2.05) is 0 Å². The van der Waals surface area contributed by atoms with Crippen LogP contribution >= 0.6 is 0 Å². The van der Waals surface area contributed by atoms with Gasteiger partial charge in [-0.1, -0.05) is 0 Å². The second kappa shape index (κ2) is 7.11. The summed E-state index contributed by atoms with van der Waals surface area (Å²) in [6.45, 7) is 1.17. The number of hydrogen-bond acceptors (Lipinski definition) is 5. The lowest BCUT2D eigenvalue weighted by Crippen LogP contribution is -2.53. The summed E-state index contributed by atoms with van der Waals surface area (Å²) in [4.78, 5) is 27.3. The quantitative estimate of drug-likeness (QED) is 0.735. The van der Waals surface area contributed by atoms with Crippen molar-refractivity contribution in [3.05, 3.63) is 24.2 Å². The molecule has 1 aromatic rings. The van der Waals surface area contributed by atoms with E-state index >= 15 is 0 Å². The van der Waals surface area contributed by atoms with Crippen molar-refractivity contribution in [2.75, 3.05) is 46.8 Å². The summed E-state index contributed by atoms with van der Waals surface area (Å²) in [6.07, 6.45) is 1.43. The maximum atomic E-state index is 12.1. The number of hydrogen-bond donors (Lipinski definition) is 1. The molecule has 1 saturated heterocycles. The first-order valence-electron chi connectivity index (χ1n) is 7.09. The molecule has 0 spiro atoms. The number of nitrogens with zero attached hydrogens (tertiary/aromatic N) is 3. The van der Waals surface area contributed by atoms with E-state index in [0.717, 1.165) is 4.31 Å². The number of piperazine rings is 1. The SMILES string of the molecule is CN(C)S(=O)(=O)NCC(=O)N1CCN(C(=O)c2ccco2)CC1. The van der Waals surface area contributed by atoms with Crippen LogP contribution in [-0.4, -0.2) is 81.2 Å². The zero-order valence-corrected chi connectivity index (χ0v) is 13.9. The minimum absolute atomic E-state index is 0.213. The fraction of sp³-hybridized carbons (Fsp3) is 0.538. The maximum absolute atomic E-state index is 12.1. The molecule has 10 heteroatoms. The number of amides is 2. The molecule has 0 radical (unpaired) electrons. The number of rotatable bonds is 5. The van der Waals surface area contributed by atoms with Crippen LogP contribution in [0.3, 0.4) is 0 Å². The molecule has 2 rings (SSSR count). The molecule has 1 aliphatic heterocycles. The molecule has 1 aromatic heterocycles. The summed E-state index contributed by atoms with van der Waals surface area (Å²) in [7, 11) is -0.865. The summed E-state index contributed by atoms with van der Waals surface area (Å²) < 4.78 is 31.4. The highest BCUT2D eigenvalue weighted by molar-refractivity contribution is 7.87. The average Bonchev–Trinajstić information content (AvgIpc) is 3.06. The second-order valence-electron chi connectivity index (χ2n) is 5.26. The minimum atomic E-state index is -3.63. The summed E-state index contributed by atoms with van der Waals surface area (Å²) in [6, 6.07) is 3.24. The van der Waals surface area contributed by atoms with Crippen molar-refractivity contribution in [2.24, 2.45) is 0 Å². The minimum Gasteiger partial charge on any atom is -0.459 e. The summed E-state index contributed by atoms with van der Waals surface area (Å²) in [5.41, 5.74) is 0. The van der Waals surface area contributed by atoms with Crippen molar-refractivity contribution in [1.29, 1.82) is 0 Å². The van der Waals surface area contributed by atoms with E-state index in [2.05, 4.69) is 4.72 Å². The van der Waals surface area contributed by atoms with Gasteiger partial charge in [-0.2, -0.15) is 17.4 Å². The molecule has 9 nitrogen and oxygen atoms in total. The van der Waals surface area contributed by atoms with Gasteiger partial charge in [0.2, 0.25) is 5.91 Å². The number of nitrogens with one attached hydrogen (secondary N) is 1. The van der Waals surface area contributed by atoms with Crippen molar-refractivity contribution >= 4 is 22.0 Å². The Kier molecular flexibility index (Phi) is 5.39. The number of carbonyl (C=O) groups excluding carboxylic acids is 2. The number of furan rings is 1. The van der Waals surface area contributed by atoms with Gasteiger partial charge in [-0.15, -0.1) is 0 Å². The predicted molar refractivity (Wildman–Crippen MR) is 81.8 cm³/mol. The Labute approximate surface area is 135 Å². The van der Waals surface area contributed by atoms with Gasteiger partial charge in [0.05, 0.1) is 12.8 Å². The lowest BCUT2D eigenvalue weighted by Gasteiger charge is -2.34. The van der Waals surface area contributed by atoms with E-state index in [0.29, 0.717) is 26.2 Å². The van der Waals surface area contributed by atoms with Gasteiger partial charge in [0.15, 0.2) is 5.76 Å². The first-order chi connectivity index (χ1) is 10.8. The largest absolute Gasteiger partial charge is 0.459 e. The monoisotopic (exact) mass is 344 g/mol. The molecular formula is C13H20N4O5S. The highest BCUT2D eigenvalue weighted by Gasteiger charge is 2.26. The van der Waals surface area contributed by atoms with Gasteiger partial charge in [0.1, 0.15) is 0 Å². The Morgan fingerprint density at radius 3 is 2.35 bits per heavy atom. The molecule has 128 valence electrons. The van der Waals surface area contributed by atoms with E-state index in [9.17, 15) is 18.0 Å². The van der Waals surface area contributed by atoms with Crippen LogP contribution in [0.5, 0.6) is 0 Å². The first-order valence-corrected chi connectivity index (χ1v) is 8.53. The Hall–Kier alpha value is -1.91. The van der Waals surface area contributed by atoms with Gasteiger partial charge >= 0.3 is 0 Å². The maximum Gasteiger partial charge on any atom is 0.289 e. The van der Waals surface area contributed by atoms with Gasteiger partial charge < -0.3 is 14.2 Å². The highest BCUT2D eigenvalue weighted by atomic mass is 32.2. The fourth-order valence-corrected chi connectivity index (χ4v) is 2.67. The van der Waals surface area contributed by atoms with Crippen molar-refractivity contribution in [1.82, 2.24) is 18.8 Å². The van der Waals surface area contributed by atoms with Crippen molar-refractivity contribution in [3.8, 4) is 0 Å². The Bertz CT molecular complexity index is 648. The lowest BCUT2D eigenvalue weighted by molar-refractivity contribution is -0.131. The van der Waals surface area contributed by atoms with Crippen molar-refractivity contribution < 1.29 is 22.4 Å². The molecule has 2 heterocycles. The molecule has 0 aromatic carbocycles. The zero-order chi connectivity index (χ0) is 17.0. The normalized spacial score (nSPS) is 16.0. The van der Waals surface area contributed by atoms with Crippen LogP contribution in [0.2, 0.25) is 0 Å². The molecule has 0 aliphatic carbocycles. The van der Waals surface area contributed by atoms with Gasteiger partial charge in [-0.25, -0.2) is 0 Å². The third kappa shape index (κ3) is 4.30. The van der Waals surface area contributed by atoms with Crippen LogP contribution in [0.1, 0.15) is 10.6 Å². The van der Waals surface area contributed by atoms with E-state index in [1.165, 1.54) is 25.3 Å². The van der Waals surface area contributed by atoms with Gasteiger partial charge in [0.25, 0.3) is 16.1 Å². The fourth-order valence-electron chi connectivity index (χ4n) is 2.11. The predicted octanol–water partition coefficient (Wildman–Crippen LogP) is -1.04. The standard InChI is InChI=1S/C13H20N4O5S/c1-15(2)23(20,21)14-10-12(18)16-5-7-17(8-6-16)13(19)11-4-3-9-22-11/h3-4,9,14H,5-8,10H2,1-2H3.